The lowest BCUT2D eigenvalue weighted by molar-refractivity contribution is -0.384. The molecule has 0 spiro atoms. The van der Waals surface area contributed by atoms with Gasteiger partial charge in [0.05, 0.1) is 23.1 Å². The average Bonchev–Trinajstić information content (AvgIpc) is 2.45. The van der Waals surface area contributed by atoms with Crippen LogP contribution in [0.3, 0.4) is 0 Å². The van der Waals surface area contributed by atoms with Crippen molar-refractivity contribution in [3.05, 3.63) is 33.9 Å². The van der Waals surface area contributed by atoms with E-state index in [1.807, 2.05) is 0 Å². The second kappa shape index (κ2) is 6.85. The summed E-state index contributed by atoms with van der Waals surface area (Å²) >= 11 is 0. The van der Waals surface area contributed by atoms with Gasteiger partial charge in [-0.15, -0.1) is 0 Å². The van der Waals surface area contributed by atoms with E-state index in [0.29, 0.717) is 6.54 Å². The predicted octanol–water partition coefficient (Wildman–Crippen LogP) is 1.48. The van der Waals surface area contributed by atoms with Gasteiger partial charge in [0, 0.05) is 19.7 Å². The molecular formula is C13H19N3O4. The van der Waals surface area contributed by atoms with E-state index in [9.17, 15) is 14.9 Å². The zero-order valence-electron chi connectivity index (χ0n) is 11.8. The van der Waals surface area contributed by atoms with Gasteiger partial charge in [0.1, 0.15) is 5.69 Å². The molecule has 0 radical (unpaired) electrons. The molecule has 0 aliphatic carbocycles. The Morgan fingerprint density at radius 1 is 1.55 bits per heavy atom. The molecule has 1 amide bonds. The van der Waals surface area contributed by atoms with Crippen LogP contribution in [-0.2, 0) is 0 Å². The summed E-state index contributed by atoms with van der Waals surface area (Å²) in [5, 5.41) is 23.0. The number of nitrogens with zero attached hydrogens (tertiary/aromatic N) is 2. The summed E-state index contributed by atoms with van der Waals surface area (Å²) in [6.45, 7) is 3.78. The lowest BCUT2D eigenvalue weighted by Crippen LogP contribution is -2.37. The number of nitro benzene ring substituents is 1. The largest absolute Gasteiger partial charge is 0.394 e. The maximum Gasteiger partial charge on any atom is 0.293 e. The molecule has 1 rings (SSSR count). The maximum atomic E-state index is 12.4. The van der Waals surface area contributed by atoms with Gasteiger partial charge >= 0.3 is 0 Å². The number of amides is 1. The fraction of sp³-hybridized carbons (Fsp3) is 0.462. The van der Waals surface area contributed by atoms with Crippen LogP contribution in [0.15, 0.2) is 18.2 Å². The van der Waals surface area contributed by atoms with Crippen molar-refractivity contribution in [1.29, 1.82) is 0 Å². The highest BCUT2D eigenvalue weighted by Crippen LogP contribution is 2.29. The Balaban J connectivity index is 3.26. The number of aliphatic hydroxyl groups excluding tert-OH is 1. The summed E-state index contributed by atoms with van der Waals surface area (Å²) in [7, 11) is 1.55. The summed E-state index contributed by atoms with van der Waals surface area (Å²) in [6.07, 6.45) is 0. The molecule has 1 aromatic carbocycles. The number of aliphatic hydroxyl groups is 1. The quantitative estimate of drug-likeness (QED) is 0.608. The van der Waals surface area contributed by atoms with Crippen LogP contribution in [0, 0.1) is 10.1 Å². The number of carbonyl (C=O) groups excluding carboxylic acids is 1. The van der Waals surface area contributed by atoms with Crippen LogP contribution in [0.2, 0.25) is 0 Å². The molecule has 0 saturated carbocycles. The predicted molar refractivity (Wildman–Crippen MR) is 75.9 cm³/mol. The molecule has 0 fully saturated rings. The Labute approximate surface area is 117 Å². The van der Waals surface area contributed by atoms with E-state index in [-0.39, 0.29) is 35.5 Å². The van der Waals surface area contributed by atoms with Gasteiger partial charge in [0.15, 0.2) is 0 Å². The normalized spacial score (nSPS) is 11.8. The monoisotopic (exact) mass is 281 g/mol. The van der Waals surface area contributed by atoms with Crippen molar-refractivity contribution >= 4 is 17.3 Å². The SMILES string of the molecule is CCNc1c(C(=O)N(C)C(C)CO)cccc1[N+](=O)[O-]. The number of para-hydroxylation sites is 1. The van der Waals surface area contributed by atoms with Gasteiger partial charge in [-0.25, -0.2) is 0 Å². The van der Waals surface area contributed by atoms with Gasteiger partial charge in [0.2, 0.25) is 0 Å². The number of rotatable bonds is 6. The second-order valence-electron chi connectivity index (χ2n) is 4.43. The zero-order valence-corrected chi connectivity index (χ0v) is 11.8. The first-order chi connectivity index (χ1) is 9.43. The molecule has 7 heteroatoms. The summed E-state index contributed by atoms with van der Waals surface area (Å²) in [4.78, 5) is 24.2. The van der Waals surface area contributed by atoms with Gasteiger partial charge in [0.25, 0.3) is 11.6 Å². The summed E-state index contributed by atoms with van der Waals surface area (Å²) in [5.41, 5.74) is 0.300. The topological polar surface area (TPSA) is 95.7 Å². The third kappa shape index (κ3) is 3.24. The third-order valence-electron chi connectivity index (χ3n) is 3.07. The highest BCUT2D eigenvalue weighted by Gasteiger charge is 2.24. The zero-order chi connectivity index (χ0) is 15.3. The Kier molecular flexibility index (Phi) is 5.45. The van der Waals surface area contributed by atoms with Gasteiger partial charge in [-0.1, -0.05) is 6.07 Å². The van der Waals surface area contributed by atoms with Crippen molar-refractivity contribution in [3.63, 3.8) is 0 Å². The molecule has 0 aliphatic rings. The number of hydrogen-bond acceptors (Lipinski definition) is 5. The first kappa shape index (κ1) is 15.9. The van der Waals surface area contributed by atoms with Gasteiger partial charge < -0.3 is 15.3 Å². The molecule has 2 N–H and O–H groups in total. The molecule has 0 aromatic heterocycles. The fourth-order valence-electron chi connectivity index (χ4n) is 1.75. The van der Waals surface area contributed by atoms with Crippen LogP contribution in [0.5, 0.6) is 0 Å². The maximum absolute atomic E-state index is 12.4. The average molecular weight is 281 g/mol. The van der Waals surface area contributed by atoms with Crippen LogP contribution < -0.4 is 5.32 Å². The number of nitrogens with one attached hydrogen (secondary N) is 1. The van der Waals surface area contributed by atoms with E-state index in [0.717, 1.165) is 0 Å². The Morgan fingerprint density at radius 3 is 2.70 bits per heavy atom. The molecule has 0 saturated heterocycles. The van der Waals surface area contributed by atoms with Crippen LogP contribution in [0.1, 0.15) is 24.2 Å². The van der Waals surface area contributed by atoms with E-state index < -0.39 is 4.92 Å². The molecule has 110 valence electrons. The van der Waals surface area contributed by atoms with Crippen molar-refractivity contribution in [2.24, 2.45) is 0 Å². The van der Waals surface area contributed by atoms with Crippen LogP contribution in [-0.4, -0.2) is 47.1 Å². The minimum atomic E-state index is -0.524. The van der Waals surface area contributed by atoms with Crippen molar-refractivity contribution in [2.45, 2.75) is 19.9 Å². The van der Waals surface area contributed by atoms with E-state index in [2.05, 4.69) is 5.32 Å². The molecular weight excluding hydrogens is 262 g/mol. The van der Waals surface area contributed by atoms with Gasteiger partial charge in [-0.3, -0.25) is 14.9 Å². The summed E-state index contributed by atoms with van der Waals surface area (Å²) in [5.74, 6) is -0.369. The molecule has 20 heavy (non-hydrogen) atoms. The molecule has 1 atom stereocenters. The number of nitro groups is 1. The van der Waals surface area contributed by atoms with Crippen LogP contribution in [0.25, 0.3) is 0 Å². The lowest BCUT2D eigenvalue weighted by Gasteiger charge is -2.24. The smallest absolute Gasteiger partial charge is 0.293 e. The molecule has 7 nitrogen and oxygen atoms in total. The Bertz CT molecular complexity index is 504. The lowest BCUT2D eigenvalue weighted by atomic mass is 10.1. The van der Waals surface area contributed by atoms with Crippen molar-refractivity contribution in [1.82, 2.24) is 4.90 Å². The molecule has 0 aliphatic heterocycles. The van der Waals surface area contributed by atoms with Crippen molar-refractivity contribution < 1.29 is 14.8 Å². The van der Waals surface area contributed by atoms with Crippen LogP contribution in [0.4, 0.5) is 11.4 Å². The molecule has 0 bridgehead atoms. The van der Waals surface area contributed by atoms with E-state index in [1.54, 1.807) is 20.9 Å². The number of benzene rings is 1. The summed E-state index contributed by atoms with van der Waals surface area (Å²) in [6, 6.07) is 4.00. The number of anilines is 1. The first-order valence-corrected chi connectivity index (χ1v) is 6.33. The van der Waals surface area contributed by atoms with E-state index >= 15 is 0 Å². The molecule has 0 heterocycles. The Hall–Kier alpha value is -2.15. The molecule has 1 unspecified atom stereocenters. The minimum Gasteiger partial charge on any atom is -0.394 e. The van der Waals surface area contributed by atoms with Gasteiger partial charge in [-0.2, -0.15) is 0 Å². The number of carbonyl (C=O) groups is 1. The van der Waals surface area contributed by atoms with Crippen LogP contribution >= 0.6 is 0 Å². The Morgan fingerprint density at radius 2 is 2.20 bits per heavy atom. The number of hydrogen-bond donors (Lipinski definition) is 2. The van der Waals surface area contributed by atoms with Crippen molar-refractivity contribution in [2.75, 3.05) is 25.5 Å². The minimum absolute atomic E-state index is 0.136. The number of likely N-dealkylation sites (N-methyl/N-ethyl adjacent to an activating group) is 1. The standard InChI is InChI=1S/C13H19N3O4/c1-4-14-12-10(6-5-7-11(12)16(19)20)13(18)15(3)9(2)8-17/h5-7,9,14,17H,4,8H2,1-3H3. The van der Waals surface area contributed by atoms with Crippen molar-refractivity contribution in [3.8, 4) is 0 Å². The fourth-order valence-corrected chi connectivity index (χ4v) is 1.75. The van der Waals surface area contributed by atoms with E-state index in [4.69, 9.17) is 5.11 Å². The molecule has 1 aromatic rings. The first-order valence-electron chi connectivity index (χ1n) is 6.33. The highest BCUT2D eigenvalue weighted by molar-refractivity contribution is 6.01. The summed E-state index contributed by atoms with van der Waals surface area (Å²) < 4.78 is 0. The highest BCUT2D eigenvalue weighted by atomic mass is 16.6. The van der Waals surface area contributed by atoms with Gasteiger partial charge in [-0.05, 0) is 19.9 Å². The second-order valence-corrected chi connectivity index (χ2v) is 4.43. The van der Waals surface area contributed by atoms with E-state index in [1.165, 1.54) is 23.1 Å². The third-order valence-corrected chi connectivity index (χ3v) is 3.07.